The zero-order chi connectivity index (χ0) is 15.4. The average molecular weight is 285 g/mol. The molecule has 0 bridgehead atoms. The summed E-state index contributed by atoms with van der Waals surface area (Å²) in [6.45, 7) is 1.80. The van der Waals surface area contributed by atoms with Gasteiger partial charge in [0.2, 0.25) is 11.8 Å². The number of aryl methyl sites for hydroxylation is 1. The molecule has 4 N–H and O–H groups in total. The maximum Gasteiger partial charge on any atom is 0.329 e. The molecule has 0 atom stereocenters. The number of benzene rings is 1. The van der Waals surface area contributed by atoms with Gasteiger partial charge in [-0.05, 0) is 24.6 Å². The summed E-state index contributed by atoms with van der Waals surface area (Å²) in [7, 11) is 0. The first-order chi connectivity index (χ1) is 10.0. The minimum Gasteiger partial charge on any atom is -0.334 e. The van der Waals surface area contributed by atoms with E-state index in [9.17, 15) is 10.1 Å². The highest BCUT2D eigenvalue weighted by molar-refractivity contribution is 5.69. The first kappa shape index (κ1) is 14.2. The molecule has 0 saturated carbocycles. The van der Waals surface area contributed by atoms with Crippen molar-refractivity contribution in [2.45, 2.75) is 6.92 Å². The van der Waals surface area contributed by atoms with Crippen molar-refractivity contribution in [1.29, 1.82) is 5.26 Å². The third-order valence-corrected chi connectivity index (χ3v) is 2.71. The lowest BCUT2D eigenvalue weighted by Gasteiger charge is -2.10. The van der Waals surface area contributed by atoms with E-state index in [0.29, 0.717) is 11.3 Å². The van der Waals surface area contributed by atoms with Gasteiger partial charge in [-0.3, -0.25) is 15.5 Å². The fourth-order valence-electron chi connectivity index (χ4n) is 1.62. The monoisotopic (exact) mass is 285 g/mol. The molecule has 0 amide bonds. The molecule has 0 unspecified atom stereocenters. The Labute approximate surface area is 119 Å². The number of nitrogens with two attached hydrogens (primary N) is 1. The molecule has 0 radical (unpaired) electrons. The van der Waals surface area contributed by atoms with Crippen molar-refractivity contribution in [3.63, 3.8) is 0 Å². The van der Waals surface area contributed by atoms with E-state index in [4.69, 9.17) is 11.1 Å². The molecule has 9 nitrogen and oxygen atoms in total. The standard InChI is InChI=1S/C12H11N7O2/c1-7-2-3-8(5-13)4-9(7)16-11-10(19(20)21)6-15-12(17-11)18-14/h2-4,6H,14H2,1H3,(H2,15,16,17,18). The molecule has 0 aliphatic heterocycles. The number of anilines is 3. The lowest BCUT2D eigenvalue weighted by atomic mass is 10.1. The van der Waals surface area contributed by atoms with Gasteiger partial charge in [0.05, 0.1) is 16.6 Å². The van der Waals surface area contributed by atoms with E-state index in [2.05, 4.69) is 20.7 Å². The van der Waals surface area contributed by atoms with Crippen LogP contribution in [0.1, 0.15) is 11.1 Å². The van der Waals surface area contributed by atoms with Gasteiger partial charge in [-0.2, -0.15) is 10.2 Å². The lowest BCUT2D eigenvalue weighted by molar-refractivity contribution is -0.384. The van der Waals surface area contributed by atoms with E-state index in [-0.39, 0.29) is 17.5 Å². The van der Waals surface area contributed by atoms with Gasteiger partial charge in [-0.15, -0.1) is 0 Å². The van der Waals surface area contributed by atoms with Crippen molar-refractivity contribution < 1.29 is 4.92 Å². The molecule has 0 fully saturated rings. The van der Waals surface area contributed by atoms with Crippen molar-refractivity contribution in [2.24, 2.45) is 5.84 Å². The SMILES string of the molecule is Cc1ccc(C#N)cc1Nc1nc(NN)ncc1[N+](=O)[O-]. The second-order valence-corrected chi connectivity index (χ2v) is 4.10. The third kappa shape index (κ3) is 3.02. The zero-order valence-corrected chi connectivity index (χ0v) is 11.0. The first-order valence-corrected chi connectivity index (χ1v) is 5.81. The average Bonchev–Trinajstić information content (AvgIpc) is 2.49. The molecule has 0 spiro atoms. The normalized spacial score (nSPS) is 9.76. The molecule has 2 rings (SSSR count). The second-order valence-electron chi connectivity index (χ2n) is 4.10. The molecule has 0 saturated heterocycles. The quantitative estimate of drug-likeness (QED) is 0.436. The van der Waals surface area contributed by atoms with E-state index in [1.165, 1.54) is 0 Å². The van der Waals surface area contributed by atoms with Crippen LogP contribution in [0.2, 0.25) is 0 Å². The summed E-state index contributed by atoms with van der Waals surface area (Å²) in [6.07, 6.45) is 1.05. The Morgan fingerprint density at radius 1 is 1.48 bits per heavy atom. The van der Waals surface area contributed by atoms with Crippen molar-refractivity contribution >= 4 is 23.1 Å². The zero-order valence-electron chi connectivity index (χ0n) is 11.0. The highest BCUT2D eigenvalue weighted by atomic mass is 16.6. The Kier molecular flexibility index (Phi) is 3.92. The number of hydrazine groups is 1. The summed E-state index contributed by atoms with van der Waals surface area (Å²) in [5.74, 6) is 5.22. The number of hydrogen-bond acceptors (Lipinski definition) is 8. The summed E-state index contributed by atoms with van der Waals surface area (Å²) in [4.78, 5) is 18.0. The van der Waals surface area contributed by atoms with Crippen LogP contribution >= 0.6 is 0 Å². The molecule has 1 aromatic heterocycles. The minimum atomic E-state index is -0.605. The number of rotatable bonds is 4. The summed E-state index contributed by atoms with van der Waals surface area (Å²) >= 11 is 0. The Morgan fingerprint density at radius 2 is 2.24 bits per heavy atom. The third-order valence-electron chi connectivity index (χ3n) is 2.71. The molecule has 1 heterocycles. The van der Waals surface area contributed by atoms with Crippen molar-refractivity contribution in [3.8, 4) is 6.07 Å². The maximum absolute atomic E-state index is 11.0. The van der Waals surface area contributed by atoms with Crippen LogP contribution in [0.3, 0.4) is 0 Å². The molecule has 106 valence electrons. The molecule has 2 aromatic rings. The molecule has 1 aromatic carbocycles. The molecule has 9 heteroatoms. The van der Waals surface area contributed by atoms with E-state index in [1.807, 2.05) is 6.07 Å². The Balaban J connectivity index is 2.47. The largest absolute Gasteiger partial charge is 0.334 e. The molecular formula is C12H11N7O2. The van der Waals surface area contributed by atoms with E-state index < -0.39 is 4.92 Å². The van der Waals surface area contributed by atoms with Crippen LogP contribution in [-0.2, 0) is 0 Å². The predicted molar refractivity (Wildman–Crippen MR) is 75.7 cm³/mol. The van der Waals surface area contributed by atoms with E-state index in [0.717, 1.165) is 11.8 Å². The number of nitrogen functional groups attached to an aromatic ring is 1. The summed E-state index contributed by atoms with van der Waals surface area (Å²) < 4.78 is 0. The van der Waals surface area contributed by atoms with Crippen LogP contribution in [0.5, 0.6) is 0 Å². The van der Waals surface area contributed by atoms with Gasteiger partial charge >= 0.3 is 5.69 Å². The topological polar surface area (TPSA) is 143 Å². The van der Waals surface area contributed by atoms with Gasteiger partial charge in [0, 0.05) is 5.69 Å². The summed E-state index contributed by atoms with van der Waals surface area (Å²) in [5.41, 5.74) is 3.70. The molecular weight excluding hydrogens is 274 g/mol. The Bertz CT molecular complexity index is 739. The first-order valence-electron chi connectivity index (χ1n) is 5.81. The number of hydrogen-bond donors (Lipinski definition) is 3. The van der Waals surface area contributed by atoms with Crippen LogP contribution < -0.4 is 16.6 Å². The molecule has 0 aliphatic carbocycles. The maximum atomic E-state index is 11.0. The number of nitriles is 1. The van der Waals surface area contributed by atoms with Crippen LogP contribution in [0, 0.1) is 28.4 Å². The number of nitrogens with zero attached hydrogens (tertiary/aromatic N) is 4. The Hall–Kier alpha value is -3.25. The smallest absolute Gasteiger partial charge is 0.329 e. The van der Waals surface area contributed by atoms with Gasteiger partial charge in [-0.1, -0.05) is 6.07 Å². The Morgan fingerprint density at radius 3 is 2.86 bits per heavy atom. The van der Waals surface area contributed by atoms with E-state index in [1.54, 1.807) is 25.1 Å². The van der Waals surface area contributed by atoms with Crippen LogP contribution in [0.4, 0.5) is 23.1 Å². The highest BCUT2D eigenvalue weighted by Crippen LogP contribution is 2.27. The predicted octanol–water partition coefficient (Wildman–Crippen LogP) is 1.59. The van der Waals surface area contributed by atoms with Gasteiger partial charge < -0.3 is 5.32 Å². The minimum absolute atomic E-state index is 0.0128. The van der Waals surface area contributed by atoms with Crippen molar-refractivity contribution in [2.75, 3.05) is 10.7 Å². The molecule has 0 aliphatic rings. The van der Waals surface area contributed by atoms with E-state index >= 15 is 0 Å². The van der Waals surface area contributed by atoms with Crippen molar-refractivity contribution in [3.05, 3.63) is 45.6 Å². The highest BCUT2D eigenvalue weighted by Gasteiger charge is 2.18. The van der Waals surface area contributed by atoms with Crippen LogP contribution in [0.25, 0.3) is 0 Å². The van der Waals surface area contributed by atoms with Gasteiger partial charge in [0.25, 0.3) is 0 Å². The van der Waals surface area contributed by atoms with Gasteiger partial charge in [0.15, 0.2) is 0 Å². The fraction of sp³-hybridized carbons (Fsp3) is 0.0833. The fourth-order valence-corrected chi connectivity index (χ4v) is 1.62. The van der Waals surface area contributed by atoms with Gasteiger partial charge in [0.1, 0.15) is 6.20 Å². The van der Waals surface area contributed by atoms with Gasteiger partial charge in [-0.25, -0.2) is 10.8 Å². The molecule has 21 heavy (non-hydrogen) atoms. The van der Waals surface area contributed by atoms with Crippen LogP contribution in [0.15, 0.2) is 24.4 Å². The number of aromatic nitrogens is 2. The number of nitrogens with one attached hydrogen (secondary N) is 2. The summed E-state index contributed by atoms with van der Waals surface area (Å²) in [5, 5.41) is 22.7. The van der Waals surface area contributed by atoms with Crippen LogP contribution in [-0.4, -0.2) is 14.9 Å². The number of nitro groups is 1. The summed E-state index contributed by atoms with van der Waals surface area (Å²) in [6, 6.07) is 6.97. The van der Waals surface area contributed by atoms with Crippen molar-refractivity contribution in [1.82, 2.24) is 9.97 Å². The lowest BCUT2D eigenvalue weighted by Crippen LogP contribution is -2.12. The second kappa shape index (κ2) is 5.81.